The SMILES string of the molecule is CC(CCBr)CNC(=O)c1ccc2cc(Br)ccc2c1. The highest BCUT2D eigenvalue weighted by molar-refractivity contribution is 9.10. The highest BCUT2D eigenvalue weighted by Crippen LogP contribution is 2.21. The molecule has 0 aliphatic heterocycles. The van der Waals surface area contributed by atoms with Gasteiger partial charge in [0.15, 0.2) is 0 Å². The monoisotopic (exact) mass is 397 g/mol. The number of rotatable bonds is 5. The lowest BCUT2D eigenvalue weighted by Gasteiger charge is -2.11. The Labute approximate surface area is 136 Å². The maximum absolute atomic E-state index is 12.1. The number of amides is 1. The molecule has 0 radical (unpaired) electrons. The van der Waals surface area contributed by atoms with Gasteiger partial charge in [0, 0.05) is 21.9 Å². The molecule has 20 heavy (non-hydrogen) atoms. The second-order valence-electron chi connectivity index (χ2n) is 5.00. The van der Waals surface area contributed by atoms with Gasteiger partial charge in [-0.25, -0.2) is 0 Å². The number of carbonyl (C=O) groups is 1. The molecule has 0 heterocycles. The quantitative estimate of drug-likeness (QED) is 0.723. The third-order valence-electron chi connectivity index (χ3n) is 3.28. The van der Waals surface area contributed by atoms with Gasteiger partial charge in [-0.3, -0.25) is 4.79 Å². The molecule has 4 heteroatoms. The molecule has 1 unspecified atom stereocenters. The maximum atomic E-state index is 12.1. The van der Waals surface area contributed by atoms with Crippen LogP contribution in [0.25, 0.3) is 10.8 Å². The van der Waals surface area contributed by atoms with Crippen LogP contribution in [0.2, 0.25) is 0 Å². The van der Waals surface area contributed by atoms with Crippen LogP contribution in [0.1, 0.15) is 23.7 Å². The number of hydrogen-bond donors (Lipinski definition) is 1. The van der Waals surface area contributed by atoms with Crippen LogP contribution in [-0.4, -0.2) is 17.8 Å². The van der Waals surface area contributed by atoms with E-state index in [4.69, 9.17) is 0 Å². The third kappa shape index (κ3) is 4.06. The van der Waals surface area contributed by atoms with Crippen LogP contribution < -0.4 is 5.32 Å². The summed E-state index contributed by atoms with van der Waals surface area (Å²) in [4.78, 5) is 12.1. The Balaban J connectivity index is 2.08. The summed E-state index contributed by atoms with van der Waals surface area (Å²) in [6, 6.07) is 11.9. The van der Waals surface area contributed by atoms with E-state index in [1.54, 1.807) is 0 Å². The van der Waals surface area contributed by atoms with Crippen molar-refractivity contribution >= 4 is 48.5 Å². The molecule has 1 atom stereocenters. The molecule has 0 aliphatic carbocycles. The van der Waals surface area contributed by atoms with Crippen molar-refractivity contribution in [2.75, 3.05) is 11.9 Å². The van der Waals surface area contributed by atoms with Gasteiger partial charge in [0.05, 0.1) is 0 Å². The molecular formula is C16H17Br2NO. The largest absolute Gasteiger partial charge is 0.352 e. The lowest BCUT2D eigenvalue weighted by atomic mass is 10.1. The van der Waals surface area contributed by atoms with Gasteiger partial charge in [-0.1, -0.05) is 50.9 Å². The average molecular weight is 399 g/mol. The number of hydrogen-bond acceptors (Lipinski definition) is 1. The van der Waals surface area contributed by atoms with Crippen molar-refractivity contribution in [1.82, 2.24) is 5.32 Å². The predicted molar refractivity (Wildman–Crippen MR) is 91.6 cm³/mol. The van der Waals surface area contributed by atoms with Gasteiger partial charge in [-0.2, -0.15) is 0 Å². The lowest BCUT2D eigenvalue weighted by molar-refractivity contribution is 0.0948. The summed E-state index contributed by atoms with van der Waals surface area (Å²) in [7, 11) is 0. The van der Waals surface area contributed by atoms with Gasteiger partial charge in [0.25, 0.3) is 5.91 Å². The van der Waals surface area contributed by atoms with Crippen molar-refractivity contribution in [2.45, 2.75) is 13.3 Å². The van der Waals surface area contributed by atoms with Crippen molar-refractivity contribution in [3.05, 3.63) is 46.4 Å². The molecule has 106 valence electrons. The van der Waals surface area contributed by atoms with Gasteiger partial charge in [-0.05, 0) is 47.4 Å². The van der Waals surface area contributed by atoms with Gasteiger partial charge in [0.1, 0.15) is 0 Å². The van der Waals surface area contributed by atoms with Gasteiger partial charge in [0.2, 0.25) is 0 Å². The second kappa shape index (κ2) is 7.23. The second-order valence-corrected chi connectivity index (χ2v) is 6.71. The lowest BCUT2D eigenvalue weighted by Crippen LogP contribution is -2.28. The molecule has 0 fully saturated rings. The number of alkyl halides is 1. The fourth-order valence-corrected chi connectivity index (χ4v) is 3.18. The smallest absolute Gasteiger partial charge is 0.251 e. The highest BCUT2D eigenvalue weighted by atomic mass is 79.9. The minimum absolute atomic E-state index is 0.00348. The van der Waals surface area contributed by atoms with E-state index in [0.717, 1.165) is 27.0 Å². The van der Waals surface area contributed by atoms with E-state index in [9.17, 15) is 4.79 Å². The van der Waals surface area contributed by atoms with Crippen molar-refractivity contribution in [3.8, 4) is 0 Å². The first-order valence-electron chi connectivity index (χ1n) is 6.63. The van der Waals surface area contributed by atoms with Crippen LogP contribution >= 0.6 is 31.9 Å². The summed E-state index contributed by atoms with van der Waals surface area (Å²) < 4.78 is 1.05. The number of carbonyl (C=O) groups excluding carboxylic acids is 1. The number of nitrogens with one attached hydrogen (secondary N) is 1. The summed E-state index contributed by atoms with van der Waals surface area (Å²) in [5.74, 6) is 0.478. The minimum atomic E-state index is -0.00348. The summed E-state index contributed by atoms with van der Waals surface area (Å²) in [6.45, 7) is 2.85. The minimum Gasteiger partial charge on any atom is -0.352 e. The summed E-state index contributed by atoms with van der Waals surface area (Å²) in [5, 5.41) is 6.16. The van der Waals surface area contributed by atoms with E-state index < -0.39 is 0 Å². The van der Waals surface area contributed by atoms with E-state index in [0.29, 0.717) is 18.0 Å². The predicted octanol–water partition coefficient (Wildman–Crippen LogP) is 4.75. The Morgan fingerprint density at radius 2 is 1.90 bits per heavy atom. The molecule has 0 spiro atoms. The van der Waals surface area contributed by atoms with E-state index >= 15 is 0 Å². The standard InChI is InChI=1S/C16H17Br2NO/c1-11(6-7-17)10-19-16(20)14-3-2-13-9-15(18)5-4-12(13)8-14/h2-5,8-9,11H,6-7,10H2,1H3,(H,19,20). The molecule has 0 aromatic heterocycles. The Morgan fingerprint density at radius 3 is 2.65 bits per heavy atom. The fourth-order valence-electron chi connectivity index (χ4n) is 2.02. The topological polar surface area (TPSA) is 29.1 Å². The summed E-state index contributed by atoms with van der Waals surface area (Å²) in [6.07, 6.45) is 1.06. The molecule has 0 bridgehead atoms. The van der Waals surface area contributed by atoms with Crippen LogP contribution in [0.5, 0.6) is 0 Å². The van der Waals surface area contributed by atoms with Crippen LogP contribution in [-0.2, 0) is 0 Å². The third-order valence-corrected chi connectivity index (χ3v) is 4.23. The van der Waals surface area contributed by atoms with E-state index in [1.807, 2.05) is 30.3 Å². The molecule has 1 N–H and O–H groups in total. The van der Waals surface area contributed by atoms with Gasteiger partial charge >= 0.3 is 0 Å². The Hall–Kier alpha value is -0.870. The molecule has 2 aromatic carbocycles. The first-order valence-corrected chi connectivity index (χ1v) is 8.55. The van der Waals surface area contributed by atoms with Crippen molar-refractivity contribution in [1.29, 1.82) is 0 Å². The van der Waals surface area contributed by atoms with Crippen molar-refractivity contribution in [3.63, 3.8) is 0 Å². The van der Waals surface area contributed by atoms with Crippen molar-refractivity contribution in [2.24, 2.45) is 5.92 Å². The first kappa shape index (κ1) is 15.5. The molecule has 2 rings (SSSR count). The van der Waals surface area contributed by atoms with Crippen LogP contribution in [0.3, 0.4) is 0 Å². The highest BCUT2D eigenvalue weighted by Gasteiger charge is 2.08. The van der Waals surface area contributed by atoms with E-state index in [-0.39, 0.29) is 5.91 Å². The van der Waals surface area contributed by atoms with Crippen LogP contribution in [0.4, 0.5) is 0 Å². The fraction of sp³-hybridized carbons (Fsp3) is 0.312. The average Bonchev–Trinajstić information content (AvgIpc) is 2.44. The Kier molecular flexibility index (Phi) is 5.61. The Bertz CT molecular complexity index is 612. The molecule has 2 nitrogen and oxygen atoms in total. The van der Waals surface area contributed by atoms with Gasteiger partial charge in [-0.15, -0.1) is 0 Å². The van der Waals surface area contributed by atoms with E-state index in [2.05, 4.69) is 50.2 Å². The summed E-state index contributed by atoms with van der Waals surface area (Å²) >= 11 is 6.87. The molecule has 2 aromatic rings. The number of benzene rings is 2. The van der Waals surface area contributed by atoms with Crippen LogP contribution in [0, 0.1) is 5.92 Å². The molecule has 1 amide bonds. The number of fused-ring (bicyclic) bond motifs is 1. The normalized spacial score (nSPS) is 12.3. The maximum Gasteiger partial charge on any atom is 0.251 e. The molecule has 0 saturated heterocycles. The van der Waals surface area contributed by atoms with Gasteiger partial charge < -0.3 is 5.32 Å². The van der Waals surface area contributed by atoms with Crippen molar-refractivity contribution < 1.29 is 4.79 Å². The van der Waals surface area contributed by atoms with Crippen LogP contribution in [0.15, 0.2) is 40.9 Å². The molecule has 0 saturated carbocycles. The molecule has 0 aliphatic rings. The van der Waals surface area contributed by atoms with E-state index in [1.165, 1.54) is 0 Å². The first-order chi connectivity index (χ1) is 9.60. The Morgan fingerprint density at radius 1 is 1.20 bits per heavy atom. The zero-order valence-electron chi connectivity index (χ0n) is 11.3. The zero-order valence-corrected chi connectivity index (χ0v) is 14.5. The summed E-state index contributed by atoms with van der Waals surface area (Å²) in [5.41, 5.74) is 0.714. The number of halogens is 2. The zero-order chi connectivity index (χ0) is 14.5. The molecular weight excluding hydrogens is 382 g/mol.